The third-order valence-corrected chi connectivity index (χ3v) is 4.05. The Morgan fingerprint density at radius 2 is 1.77 bits per heavy atom. The SMILES string of the molecule is C1=CC(=Cc2c3cc[cH-]cc-3ccc3c[cH-]cc[c-]2-3)C=C[CH-]1. The zero-order valence-electron chi connectivity index (χ0n) is 12.2. The summed E-state index contributed by atoms with van der Waals surface area (Å²) in [5.74, 6) is 0. The van der Waals surface area contributed by atoms with Crippen molar-refractivity contribution in [3.63, 3.8) is 0 Å². The Morgan fingerprint density at radius 3 is 2.68 bits per heavy atom. The number of hydrogen-bond acceptors (Lipinski definition) is 0. The first-order valence-electron chi connectivity index (χ1n) is 7.55. The summed E-state index contributed by atoms with van der Waals surface area (Å²) < 4.78 is 0. The van der Waals surface area contributed by atoms with E-state index in [0.29, 0.717) is 0 Å². The zero-order valence-corrected chi connectivity index (χ0v) is 12.2. The summed E-state index contributed by atoms with van der Waals surface area (Å²) in [4.78, 5) is 0. The second-order valence-corrected chi connectivity index (χ2v) is 5.48. The third-order valence-electron chi connectivity index (χ3n) is 4.05. The normalized spacial score (nSPS) is 13.4. The van der Waals surface area contributed by atoms with E-state index in [1.165, 1.54) is 33.4 Å². The van der Waals surface area contributed by atoms with E-state index < -0.39 is 0 Å². The predicted molar refractivity (Wildman–Crippen MR) is 94.7 cm³/mol. The van der Waals surface area contributed by atoms with E-state index in [1.807, 2.05) is 0 Å². The van der Waals surface area contributed by atoms with E-state index in [4.69, 9.17) is 0 Å². The maximum atomic E-state index is 2.28. The molecule has 0 atom stereocenters. The van der Waals surface area contributed by atoms with Crippen LogP contribution in [0.2, 0.25) is 0 Å². The molecule has 0 N–H and O–H groups in total. The standard InChI is InChI=1S/C22H16/c1-2-8-17(9-3-1)16-22-20-12-6-4-10-18(20)14-15-19-11-5-7-13-21(19)22/h1-16H/q-4. The summed E-state index contributed by atoms with van der Waals surface area (Å²) in [6, 6.07) is 21.6. The quantitative estimate of drug-likeness (QED) is 0.487. The lowest BCUT2D eigenvalue weighted by atomic mass is 9.93. The number of allylic oxidation sites excluding steroid dienone is 5. The van der Waals surface area contributed by atoms with Crippen LogP contribution in [0.15, 0.2) is 90.5 Å². The van der Waals surface area contributed by atoms with Crippen LogP contribution in [0.4, 0.5) is 0 Å². The van der Waals surface area contributed by atoms with Gasteiger partial charge in [0, 0.05) is 0 Å². The molecule has 22 heavy (non-hydrogen) atoms. The zero-order chi connectivity index (χ0) is 14.8. The highest BCUT2D eigenvalue weighted by Gasteiger charge is 1.97. The number of rotatable bonds is 1. The average molecular weight is 280 g/mol. The first-order valence-corrected chi connectivity index (χ1v) is 7.55. The Kier molecular flexibility index (Phi) is 3.21. The van der Waals surface area contributed by atoms with Gasteiger partial charge in [0.05, 0.1) is 0 Å². The van der Waals surface area contributed by atoms with Gasteiger partial charge in [-0.05, 0) is 0 Å². The molecule has 0 aliphatic heterocycles. The van der Waals surface area contributed by atoms with Gasteiger partial charge in [0.2, 0.25) is 0 Å². The molecule has 108 valence electrons. The molecule has 4 aliphatic rings. The summed E-state index contributed by atoms with van der Waals surface area (Å²) in [6.07, 6.45) is 12.8. The fraction of sp³-hybridized carbons (Fsp3) is 0. The van der Waals surface area contributed by atoms with Crippen LogP contribution in [-0.4, -0.2) is 0 Å². The molecule has 0 aromatic heterocycles. The predicted octanol–water partition coefficient (Wildman–Crippen LogP) is 5.89. The highest BCUT2D eigenvalue weighted by molar-refractivity contribution is 5.88. The van der Waals surface area contributed by atoms with E-state index in [2.05, 4.69) is 97.5 Å². The topological polar surface area (TPSA) is 0 Å². The third kappa shape index (κ3) is 2.29. The molecule has 0 bridgehead atoms. The fourth-order valence-corrected chi connectivity index (χ4v) is 2.97. The molecular weight excluding hydrogens is 264 g/mol. The van der Waals surface area contributed by atoms with Gasteiger partial charge in [0.25, 0.3) is 0 Å². The minimum absolute atomic E-state index is 1.23. The van der Waals surface area contributed by atoms with Crippen LogP contribution in [0.1, 0.15) is 5.56 Å². The van der Waals surface area contributed by atoms with Crippen molar-refractivity contribution in [3.8, 4) is 22.3 Å². The molecule has 0 fully saturated rings. The van der Waals surface area contributed by atoms with E-state index in [0.717, 1.165) is 0 Å². The summed E-state index contributed by atoms with van der Waals surface area (Å²) >= 11 is 0. The first-order chi connectivity index (χ1) is 10.9. The van der Waals surface area contributed by atoms with Crippen molar-refractivity contribution in [3.05, 3.63) is 103 Å². The van der Waals surface area contributed by atoms with Crippen LogP contribution in [-0.2, 0) is 0 Å². The van der Waals surface area contributed by atoms with Gasteiger partial charge in [-0.1, -0.05) is 0 Å². The maximum Gasteiger partial charge on any atom is -0.128 e. The lowest BCUT2D eigenvalue weighted by Gasteiger charge is -2.25. The Hall–Kier alpha value is -2.86. The van der Waals surface area contributed by atoms with Crippen molar-refractivity contribution in [1.82, 2.24) is 0 Å². The molecule has 0 aromatic carbocycles. The summed E-state index contributed by atoms with van der Waals surface area (Å²) in [5.41, 5.74) is 7.60. The molecule has 0 aromatic rings. The van der Waals surface area contributed by atoms with Crippen LogP contribution >= 0.6 is 0 Å². The number of hydrogen-bond donors (Lipinski definition) is 0. The molecule has 0 spiro atoms. The van der Waals surface area contributed by atoms with E-state index in [1.54, 1.807) is 0 Å². The number of fused-ring (bicyclic) bond motifs is 2. The van der Waals surface area contributed by atoms with Gasteiger partial charge in [-0.25, -0.2) is 29.8 Å². The Balaban J connectivity index is 2.05. The van der Waals surface area contributed by atoms with Crippen LogP contribution in [0.3, 0.4) is 0 Å². The minimum atomic E-state index is 1.23. The Bertz CT molecular complexity index is 789. The van der Waals surface area contributed by atoms with E-state index in [9.17, 15) is 0 Å². The van der Waals surface area contributed by atoms with Crippen molar-refractivity contribution in [2.45, 2.75) is 0 Å². The Morgan fingerprint density at radius 1 is 0.909 bits per heavy atom. The van der Waals surface area contributed by atoms with Gasteiger partial charge < -0.3 is 0 Å². The largest absolute Gasteiger partial charge is 0.226 e. The fourth-order valence-electron chi connectivity index (χ4n) is 2.97. The minimum Gasteiger partial charge on any atom is -0.226 e. The van der Waals surface area contributed by atoms with Crippen LogP contribution < -0.4 is 0 Å². The van der Waals surface area contributed by atoms with Gasteiger partial charge in [0.15, 0.2) is 0 Å². The molecule has 0 amide bonds. The summed E-state index contributed by atoms with van der Waals surface area (Å²) in [7, 11) is 0. The molecule has 0 heteroatoms. The average Bonchev–Trinajstić information content (AvgIpc) is 2.74. The molecular formula is C22H16-4. The van der Waals surface area contributed by atoms with Gasteiger partial charge >= 0.3 is 0 Å². The number of benzene rings is 2. The van der Waals surface area contributed by atoms with Crippen molar-refractivity contribution in [1.29, 1.82) is 0 Å². The second kappa shape index (κ2) is 5.50. The van der Waals surface area contributed by atoms with Crippen molar-refractivity contribution in [2.24, 2.45) is 0 Å². The van der Waals surface area contributed by atoms with Crippen molar-refractivity contribution in [2.75, 3.05) is 0 Å². The molecule has 4 aliphatic carbocycles. The second-order valence-electron chi connectivity index (χ2n) is 5.48. The smallest absolute Gasteiger partial charge is 0.128 e. The summed E-state index contributed by atoms with van der Waals surface area (Å²) in [5, 5.41) is 0. The molecule has 0 heterocycles. The van der Waals surface area contributed by atoms with Gasteiger partial charge in [-0.3, -0.25) is 0 Å². The van der Waals surface area contributed by atoms with Gasteiger partial charge in [-0.15, -0.1) is 11.6 Å². The monoisotopic (exact) mass is 280 g/mol. The van der Waals surface area contributed by atoms with E-state index in [-0.39, 0.29) is 0 Å². The van der Waals surface area contributed by atoms with Crippen molar-refractivity contribution < 1.29 is 0 Å². The molecule has 0 saturated carbocycles. The molecule has 0 saturated heterocycles. The summed E-state index contributed by atoms with van der Waals surface area (Å²) in [6.45, 7) is 0. The van der Waals surface area contributed by atoms with Crippen LogP contribution in [0.5, 0.6) is 0 Å². The molecule has 0 unspecified atom stereocenters. The highest BCUT2D eigenvalue weighted by atomic mass is 14.2. The molecule has 4 rings (SSSR count). The van der Waals surface area contributed by atoms with Crippen LogP contribution in [0.25, 0.3) is 28.3 Å². The van der Waals surface area contributed by atoms with Gasteiger partial charge in [-0.2, -0.15) is 89.4 Å². The van der Waals surface area contributed by atoms with E-state index >= 15 is 0 Å². The lowest BCUT2D eigenvalue weighted by Crippen LogP contribution is -1.87. The first kappa shape index (κ1) is 12.8. The highest BCUT2D eigenvalue weighted by Crippen LogP contribution is 2.36. The van der Waals surface area contributed by atoms with Crippen molar-refractivity contribution >= 4 is 6.08 Å². The Labute approximate surface area is 131 Å². The molecule has 0 nitrogen and oxygen atoms in total. The van der Waals surface area contributed by atoms with Crippen LogP contribution in [0, 0.1) is 6.42 Å². The van der Waals surface area contributed by atoms with Gasteiger partial charge in [0.1, 0.15) is 0 Å². The maximum absolute atomic E-state index is 2.28. The lowest BCUT2D eigenvalue weighted by molar-refractivity contribution is 1.57. The molecule has 0 radical (unpaired) electrons.